The van der Waals surface area contributed by atoms with Gasteiger partial charge in [0.05, 0.1) is 12.2 Å². The van der Waals surface area contributed by atoms with Gasteiger partial charge in [0.2, 0.25) is 18.6 Å². The predicted octanol–water partition coefficient (Wildman–Crippen LogP) is 0.759. The van der Waals surface area contributed by atoms with Gasteiger partial charge in [-0.15, -0.1) is 0 Å². The minimum atomic E-state index is -0.778. The van der Waals surface area contributed by atoms with Crippen molar-refractivity contribution in [1.29, 1.82) is 0 Å². The maximum Gasteiger partial charge on any atom is 0.265 e. The zero-order valence-electron chi connectivity index (χ0n) is 15.4. The number of fused-ring (bicyclic) bond motifs is 2. The molecule has 0 fully saturated rings. The van der Waals surface area contributed by atoms with Gasteiger partial charge in [0.1, 0.15) is 5.65 Å². The minimum Gasteiger partial charge on any atom is -0.493 e. The number of amides is 1. The van der Waals surface area contributed by atoms with E-state index in [2.05, 4.69) is 10.3 Å². The van der Waals surface area contributed by atoms with E-state index in [1.807, 2.05) is 0 Å². The molecule has 0 radical (unpaired) electrons. The number of benzene rings is 1. The van der Waals surface area contributed by atoms with E-state index in [9.17, 15) is 14.7 Å². The lowest BCUT2D eigenvalue weighted by molar-refractivity contribution is -0.121. The fourth-order valence-electron chi connectivity index (χ4n) is 3.37. The molecule has 9 heteroatoms. The largest absolute Gasteiger partial charge is 0.493 e. The summed E-state index contributed by atoms with van der Waals surface area (Å²) in [6, 6.07) is 10.1. The number of hydrogen-bond donors (Lipinski definition) is 3. The quantitative estimate of drug-likeness (QED) is 0.561. The Hall–Kier alpha value is -3.59. The third-order valence-corrected chi connectivity index (χ3v) is 4.72. The molecule has 29 heavy (non-hydrogen) atoms. The fraction of sp³-hybridized carbons (Fsp3) is 0.250. The molecule has 2 aromatic heterocycles. The van der Waals surface area contributed by atoms with Gasteiger partial charge in [0, 0.05) is 25.1 Å². The number of aliphatic hydroxyl groups excluding tert-OH is 1. The van der Waals surface area contributed by atoms with Crippen LogP contribution in [0.15, 0.2) is 47.4 Å². The molecule has 3 heterocycles. The number of aliphatic hydroxyl groups is 1. The molecule has 0 saturated carbocycles. The van der Waals surface area contributed by atoms with Crippen LogP contribution in [0.3, 0.4) is 0 Å². The summed E-state index contributed by atoms with van der Waals surface area (Å²) < 4.78 is 12.0. The number of aromatic nitrogens is 2. The van der Waals surface area contributed by atoms with Crippen LogP contribution in [-0.4, -0.2) is 45.4 Å². The first-order valence-corrected chi connectivity index (χ1v) is 9.06. The second kappa shape index (κ2) is 7.80. The van der Waals surface area contributed by atoms with Crippen molar-refractivity contribution in [3.05, 3.63) is 64.1 Å². The molecule has 150 valence electrons. The number of rotatable bonds is 6. The molecule has 3 N–H and O–H groups in total. The van der Waals surface area contributed by atoms with Crippen molar-refractivity contribution < 1.29 is 24.5 Å². The van der Waals surface area contributed by atoms with Crippen molar-refractivity contribution >= 4 is 11.6 Å². The zero-order valence-corrected chi connectivity index (χ0v) is 15.4. The first-order valence-electron chi connectivity index (χ1n) is 9.06. The summed E-state index contributed by atoms with van der Waals surface area (Å²) >= 11 is 0. The summed E-state index contributed by atoms with van der Waals surface area (Å²) in [6.07, 6.45) is 1.43. The van der Waals surface area contributed by atoms with E-state index in [0.29, 0.717) is 22.7 Å². The van der Waals surface area contributed by atoms with Gasteiger partial charge < -0.3 is 25.0 Å². The van der Waals surface area contributed by atoms with Gasteiger partial charge in [0.15, 0.2) is 11.5 Å². The summed E-state index contributed by atoms with van der Waals surface area (Å²) in [5.74, 6) is -0.524. The zero-order chi connectivity index (χ0) is 20.4. The Morgan fingerprint density at radius 3 is 2.90 bits per heavy atom. The topological polar surface area (TPSA) is 122 Å². The summed E-state index contributed by atoms with van der Waals surface area (Å²) in [5, 5.41) is 22.1. The average molecular weight is 397 g/mol. The summed E-state index contributed by atoms with van der Waals surface area (Å²) in [4.78, 5) is 29.6. The van der Waals surface area contributed by atoms with E-state index in [1.54, 1.807) is 42.6 Å². The standard InChI is InChI=1S/C20H19N3O6/c24-8-6-21-17(25)10-13(12-4-5-14-15(9-12)29-11-28-14)18-19(26)22-16-3-1-2-7-23(16)20(18)27/h1-5,7,9,13,24,26H,6,8,10-11H2,(H,21,25). The fourth-order valence-corrected chi connectivity index (χ4v) is 3.37. The van der Waals surface area contributed by atoms with E-state index in [4.69, 9.17) is 14.6 Å². The number of nitrogens with zero attached hydrogens (tertiary/aromatic N) is 2. The van der Waals surface area contributed by atoms with Crippen molar-refractivity contribution in [3.63, 3.8) is 0 Å². The Morgan fingerprint density at radius 1 is 1.24 bits per heavy atom. The molecule has 0 aliphatic carbocycles. The molecule has 0 bridgehead atoms. The number of carbonyl (C=O) groups excluding carboxylic acids is 1. The van der Waals surface area contributed by atoms with Crippen LogP contribution in [0.5, 0.6) is 17.4 Å². The minimum absolute atomic E-state index is 0.00622. The van der Waals surface area contributed by atoms with Crippen molar-refractivity contribution in [3.8, 4) is 17.4 Å². The first-order chi connectivity index (χ1) is 14.1. The van der Waals surface area contributed by atoms with Gasteiger partial charge in [-0.05, 0) is 29.8 Å². The van der Waals surface area contributed by atoms with Crippen molar-refractivity contribution in [1.82, 2.24) is 14.7 Å². The van der Waals surface area contributed by atoms with Gasteiger partial charge in [-0.25, -0.2) is 0 Å². The Morgan fingerprint density at radius 2 is 2.07 bits per heavy atom. The van der Waals surface area contributed by atoms with Gasteiger partial charge in [-0.1, -0.05) is 12.1 Å². The van der Waals surface area contributed by atoms with Crippen molar-refractivity contribution in [2.75, 3.05) is 19.9 Å². The molecular weight excluding hydrogens is 378 g/mol. The number of pyridine rings is 1. The van der Waals surface area contributed by atoms with Gasteiger partial charge in [-0.2, -0.15) is 4.98 Å². The molecular formula is C20H19N3O6. The highest BCUT2D eigenvalue weighted by Gasteiger charge is 2.28. The predicted molar refractivity (Wildman–Crippen MR) is 102 cm³/mol. The summed E-state index contributed by atoms with van der Waals surface area (Å²) in [7, 11) is 0. The molecule has 4 rings (SSSR count). The molecule has 3 aromatic rings. The lowest BCUT2D eigenvalue weighted by Crippen LogP contribution is -2.30. The van der Waals surface area contributed by atoms with Crippen LogP contribution >= 0.6 is 0 Å². The number of carbonyl (C=O) groups is 1. The molecule has 1 aromatic carbocycles. The molecule has 9 nitrogen and oxygen atoms in total. The molecule has 1 atom stereocenters. The van der Waals surface area contributed by atoms with Gasteiger partial charge in [-0.3, -0.25) is 14.0 Å². The Bertz CT molecular complexity index is 1130. The Balaban J connectivity index is 1.83. The molecule has 1 aliphatic rings. The van der Waals surface area contributed by atoms with Crippen molar-refractivity contribution in [2.24, 2.45) is 0 Å². The number of hydrogen-bond acceptors (Lipinski definition) is 7. The second-order valence-electron chi connectivity index (χ2n) is 6.53. The highest BCUT2D eigenvalue weighted by Crippen LogP contribution is 2.38. The van der Waals surface area contributed by atoms with E-state index in [1.165, 1.54) is 4.40 Å². The van der Waals surface area contributed by atoms with Crippen LogP contribution < -0.4 is 20.3 Å². The first kappa shape index (κ1) is 18.8. The maximum absolute atomic E-state index is 13.1. The van der Waals surface area contributed by atoms with Gasteiger partial charge in [0.25, 0.3) is 5.56 Å². The van der Waals surface area contributed by atoms with E-state index >= 15 is 0 Å². The van der Waals surface area contributed by atoms with E-state index < -0.39 is 17.4 Å². The molecule has 0 saturated heterocycles. The summed E-state index contributed by atoms with van der Waals surface area (Å²) in [5.41, 5.74) is 0.434. The molecule has 1 amide bonds. The molecule has 1 aliphatic heterocycles. The van der Waals surface area contributed by atoms with E-state index in [-0.39, 0.29) is 37.8 Å². The van der Waals surface area contributed by atoms with Crippen LogP contribution in [0.25, 0.3) is 5.65 Å². The highest BCUT2D eigenvalue weighted by molar-refractivity contribution is 5.77. The van der Waals surface area contributed by atoms with Crippen LogP contribution in [-0.2, 0) is 4.79 Å². The Kier molecular flexibility index (Phi) is 5.05. The Labute approximate surface area is 165 Å². The van der Waals surface area contributed by atoms with Crippen LogP contribution in [0.1, 0.15) is 23.5 Å². The molecule has 1 unspecified atom stereocenters. The third kappa shape index (κ3) is 3.59. The van der Waals surface area contributed by atoms with Crippen LogP contribution in [0.2, 0.25) is 0 Å². The molecule has 0 spiro atoms. The lowest BCUT2D eigenvalue weighted by Gasteiger charge is -2.19. The monoisotopic (exact) mass is 397 g/mol. The summed E-state index contributed by atoms with van der Waals surface area (Å²) in [6.45, 7) is -0.0224. The van der Waals surface area contributed by atoms with Gasteiger partial charge >= 0.3 is 0 Å². The van der Waals surface area contributed by atoms with Crippen molar-refractivity contribution in [2.45, 2.75) is 12.3 Å². The smallest absolute Gasteiger partial charge is 0.265 e. The lowest BCUT2D eigenvalue weighted by atomic mass is 9.89. The number of aromatic hydroxyl groups is 1. The average Bonchev–Trinajstić information content (AvgIpc) is 3.19. The van der Waals surface area contributed by atoms with E-state index in [0.717, 1.165) is 0 Å². The number of nitrogens with one attached hydrogen (secondary N) is 1. The SMILES string of the molecule is O=C(CC(c1ccc2c(c1)OCO2)c1c(O)nc2ccccn2c1=O)NCCO. The maximum atomic E-state index is 13.1. The van der Waals surface area contributed by atoms with Crippen LogP contribution in [0, 0.1) is 0 Å². The second-order valence-corrected chi connectivity index (χ2v) is 6.53. The highest BCUT2D eigenvalue weighted by atomic mass is 16.7. The number of ether oxygens (including phenoxy) is 2. The normalized spacial score (nSPS) is 13.4. The third-order valence-electron chi connectivity index (χ3n) is 4.72. The van der Waals surface area contributed by atoms with Crippen LogP contribution in [0.4, 0.5) is 0 Å².